The minimum atomic E-state index is -0.221. The zero-order valence-corrected chi connectivity index (χ0v) is 12.7. The first-order valence-corrected chi connectivity index (χ1v) is 7.07. The van der Waals surface area contributed by atoms with E-state index in [1.165, 1.54) is 0 Å². The van der Waals surface area contributed by atoms with E-state index in [1.54, 1.807) is 19.4 Å². The number of aromatic nitrogens is 1. The van der Waals surface area contributed by atoms with E-state index >= 15 is 0 Å². The highest BCUT2D eigenvalue weighted by Crippen LogP contribution is 2.24. The number of ether oxygens (including phenoxy) is 1. The largest absolute Gasteiger partial charge is 0.380 e. The van der Waals surface area contributed by atoms with E-state index in [0.717, 1.165) is 13.0 Å². The maximum Gasteiger partial charge on any atom is 0.170 e. The number of methoxy groups -OCH3 is 1. The molecule has 2 rings (SSSR count). The van der Waals surface area contributed by atoms with Crippen LogP contribution in [-0.2, 0) is 11.3 Å². The van der Waals surface area contributed by atoms with Crippen molar-refractivity contribution in [2.24, 2.45) is 0 Å². The molecule has 0 bridgehead atoms. The molecule has 1 aliphatic heterocycles. The van der Waals surface area contributed by atoms with Crippen molar-refractivity contribution in [1.29, 1.82) is 0 Å². The Labute approximate surface area is 120 Å². The van der Waals surface area contributed by atoms with Crippen molar-refractivity contribution >= 4 is 5.82 Å². The summed E-state index contributed by atoms with van der Waals surface area (Å²) in [4.78, 5) is 6.16. The summed E-state index contributed by atoms with van der Waals surface area (Å²) in [6, 6.07) is 1.74. The van der Waals surface area contributed by atoms with Crippen LogP contribution in [0.2, 0.25) is 0 Å². The van der Waals surface area contributed by atoms with Gasteiger partial charge in [0.2, 0.25) is 0 Å². The van der Waals surface area contributed by atoms with Crippen molar-refractivity contribution < 1.29 is 9.13 Å². The Kier molecular flexibility index (Phi) is 4.60. The van der Waals surface area contributed by atoms with Gasteiger partial charge >= 0.3 is 0 Å². The molecule has 112 valence electrons. The second kappa shape index (κ2) is 6.06. The molecule has 0 saturated carbocycles. The molecule has 2 heterocycles. The molecule has 0 aliphatic carbocycles. The van der Waals surface area contributed by atoms with Crippen LogP contribution in [-0.4, -0.2) is 36.8 Å². The molecule has 1 saturated heterocycles. The first-order chi connectivity index (χ1) is 9.40. The van der Waals surface area contributed by atoms with E-state index in [9.17, 15) is 4.39 Å². The number of hydrogen-bond donors (Lipinski definition) is 1. The first kappa shape index (κ1) is 15.2. The first-order valence-electron chi connectivity index (χ1n) is 7.07. The second-order valence-electron chi connectivity index (χ2n) is 6.30. The molecule has 0 amide bonds. The van der Waals surface area contributed by atoms with Crippen molar-refractivity contribution in [3.8, 4) is 0 Å². The van der Waals surface area contributed by atoms with E-state index in [-0.39, 0.29) is 17.5 Å². The summed E-state index contributed by atoms with van der Waals surface area (Å²) >= 11 is 0. The summed E-state index contributed by atoms with van der Waals surface area (Å²) < 4.78 is 19.9. The molecule has 1 atom stereocenters. The highest BCUT2D eigenvalue weighted by molar-refractivity contribution is 5.44. The number of anilines is 1. The Morgan fingerprint density at radius 3 is 2.85 bits per heavy atom. The Balaban J connectivity index is 2.11. The fourth-order valence-corrected chi connectivity index (χ4v) is 2.30. The summed E-state index contributed by atoms with van der Waals surface area (Å²) in [6.45, 7) is 8.20. The molecule has 4 nitrogen and oxygen atoms in total. The molecule has 0 radical (unpaired) electrons. The number of nitrogens with one attached hydrogen (secondary N) is 1. The Morgan fingerprint density at radius 2 is 2.25 bits per heavy atom. The second-order valence-corrected chi connectivity index (χ2v) is 6.30. The van der Waals surface area contributed by atoms with Crippen molar-refractivity contribution in [2.75, 3.05) is 25.1 Å². The summed E-state index contributed by atoms with van der Waals surface area (Å²) in [5.74, 6) is 0.221. The van der Waals surface area contributed by atoms with Crippen molar-refractivity contribution in [1.82, 2.24) is 10.3 Å². The summed E-state index contributed by atoms with van der Waals surface area (Å²) in [6.07, 6.45) is 2.77. The van der Waals surface area contributed by atoms with Crippen LogP contribution in [0, 0.1) is 5.82 Å². The van der Waals surface area contributed by atoms with Crippen molar-refractivity contribution in [3.05, 3.63) is 23.6 Å². The van der Waals surface area contributed by atoms with Crippen LogP contribution in [0.4, 0.5) is 10.2 Å². The van der Waals surface area contributed by atoms with E-state index in [4.69, 9.17) is 4.74 Å². The Morgan fingerprint density at radius 1 is 1.50 bits per heavy atom. The normalized spacial score (nSPS) is 19.6. The van der Waals surface area contributed by atoms with Gasteiger partial charge in [0.25, 0.3) is 0 Å². The molecule has 1 N–H and O–H groups in total. The number of halogens is 1. The van der Waals surface area contributed by atoms with Gasteiger partial charge in [-0.2, -0.15) is 0 Å². The van der Waals surface area contributed by atoms with Gasteiger partial charge in [0, 0.05) is 44.0 Å². The van der Waals surface area contributed by atoms with Crippen LogP contribution in [0.15, 0.2) is 12.3 Å². The topological polar surface area (TPSA) is 37.4 Å². The molecule has 0 aromatic carbocycles. The van der Waals surface area contributed by atoms with Gasteiger partial charge in [0.1, 0.15) is 0 Å². The molecule has 1 aliphatic rings. The molecule has 1 unspecified atom stereocenters. The van der Waals surface area contributed by atoms with E-state index in [1.807, 2.05) is 4.90 Å². The number of hydrogen-bond acceptors (Lipinski definition) is 4. The Bertz CT molecular complexity index is 459. The summed E-state index contributed by atoms with van der Waals surface area (Å²) in [5, 5.41) is 3.31. The van der Waals surface area contributed by atoms with Crippen LogP contribution in [0.5, 0.6) is 0 Å². The third-order valence-electron chi connectivity index (χ3n) is 3.54. The maximum absolute atomic E-state index is 14.5. The number of nitrogens with zero attached hydrogens (tertiary/aromatic N) is 2. The van der Waals surface area contributed by atoms with Crippen LogP contribution in [0.3, 0.4) is 0 Å². The molecule has 1 aromatic rings. The monoisotopic (exact) mass is 281 g/mol. The van der Waals surface area contributed by atoms with Gasteiger partial charge in [-0.25, -0.2) is 9.37 Å². The Hall–Kier alpha value is -1.20. The van der Waals surface area contributed by atoms with Crippen LogP contribution in [0.25, 0.3) is 0 Å². The summed E-state index contributed by atoms with van der Waals surface area (Å²) in [5.41, 5.74) is 0.621. The average molecular weight is 281 g/mol. The number of rotatable bonds is 4. The lowest BCUT2D eigenvalue weighted by molar-refractivity contribution is 0.121. The van der Waals surface area contributed by atoms with Gasteiger partial charge in [-0.3, -0.25) is 0 Å². The van der Waals surface area contributed by atoms with Gasteiger partial charge in [-0.1, -0.05) is 0 Å². The number of pyridine rings is 1. The van der Waals surface area contributed by atoms with Crippen molar-refractivity contribution in [3.63, 3.8) is 0 Å². The van der Waals surface area contributed by atoms with Gasteiger partial charge in [-0.15, -0.1) is 0 Å². The fraction of sp³-hybridized carbons (Fsp3) is 0.667. The summed E-state index contributed by atoms with van der Waals surface area (Å²) in [7, 11) is 1.70. The predicted molar refractivity (Wildman–Crippen MR) is 78.4 cm³/mol. The average Bonchev–Trinajstić information content (AvgIpc) is 2.85. The van der Waals surface area contributed by atoms with E-state index in [0.29, 0.717) is 24.5 Å². The van der Waals surface area contributed by atoms with Gasteiger partial charge < -0.3 is 15.0 Å². The molecular weight excluding hydrogens is 257 g/mol. The standard InChI is InChI=1S/C15H24FN3O/c1-15(2,3)18-9-11-5-7-17-14(13(11)16)19-8-6-12(10-19)20-4/h5,7,12,18H,6,8-10H2,1-4H3. The minimum absolute atomic E-state index is 0.0370. The highest BCUT2D eigenvalue weighted by Gasteiger charge is 2.26. The van der Waals surface area contributed by atoms with Gasteiger partial charge in [0.15, 0.2) is 11.6 Å². The molecule has 1 aromatic heterocycles. The van der Waals surface area contributed by atoms with Gasteiger partial charge in [-0.05, 0) is 33.3 Å². The van der Waals surface area contributed by atoms with Crippen LogP contribution >= 0.6 is 0 Å². The molecule has 5 heteroatoms. The maximum atomic E-state index is 14.5. The lowest BCUT2D eigenvalue weighted by atomic mass is 10.1. The minimum Gasteiger partial charge on any atom is -0.380 e. The van der Waals surface area contributed by atoms with E-state index in [2.05, 4.69) is 31.1 Å². The lowest BCUT2D eigenvalue weighted by Gasteiger charge is -2.22. The highest BCUT2D eigenvalue weighted by atomic mass is 19.1. The smallest absolute Gasteiger partial charge is 0.170 e. The third-order valence-corrected chi connectivity index (χ3v) is 3.54. The van der Waals surface area contributed by atoms with Gasteiger partial charge in [0.05, 0.1) is 6.10 Å². The zero-order chi connectivity index (χ0) is 14.8. The molecule has 20 heavy (non-hydrogen) atoms. The van der Waals surface area contributed by atoms with Crippen LogP contribution in [0.1, 0.15) is 32.8 Å². The van der Waals surface area contributed by atoms with Crippen LogP contribution < -0.4 is 10.2 Å². The molecular formula is C15H24FN3O. The SMILES string of the molecule is COC1CCN(c2nccc(CNC(C)(C)C)c2F)C1. The van der Waals surface area contributed by atoms with E-state index < -0.39 is 0 Å². The zero-order valence-electron chi connectivity index (χ0n) is 12.7. The quantitative estimate of drug-likeness (QED) is 0.919. The lowest BCUT2D eigenvalue weighted by Crippen LogP contribution is -2.35. The molecule has 0 spiro atoms. The predicted octanol–water partition coefficient (Wildman–Crippen LogP) is 2.33. The fourth-order valence-electron chi connectivity index (χ4n) is 2.30. The molecule has 1 fully saturated rings. The van der Waals surface area contributed by atoms with Crippen molar-refractivity contribution in [2.45, 2.75) is 45.4 Å². The third kappa shape index (κ3) is 3.67.